The predicted octanol–water partition coefficient (Wildman–Crippen LogP) is 0.710. The molecule has 1 saturated carbocycles. The van der Waals surface area contributed by atoms with Gasteiger partial charge in [0, 0.05) is 12.1 Å². The molecule has 0 radical (unpaired) electrons. The molecule has 0 bridgehead atoms. The second kappa shape index (κ2) is 3.02. The molecule has 0 aromatic carbocycles. The summed E-state index contributed by atoms with van der Waals surface area (Å²) < 4.78 is 5.64. The first-order valence-corrected chi connectivity index (χ1v) is 5.40. The van der Waals surface area contributed by atoms with Crippen LogP contribution in [-0.2, 0) is 9.53 Å². The van der Waals surface area contributed by atoms with E-state index in [0.29, 0.717) is 17.7 Å². The summed E-state index contributed by atoms with van der Waals surface area (Å²) >= 11 is 0. The summed E-state index contributed by atoms with van der Waals surface area (Å²) in [6, 6.07) is 0.391. The molecule has 3 rings (SSSR count). The van der Waals surface area contributed by atoms with E-state index in [1.54, 1.807) is 6.20 Å². The van der Waals surface area contributed by atoms with Gasteiger partial charge in [-0.2, -0.15) is 0 Å². The minimum Gasteiger partial charge on any atom is -0.481 e. The van der Waals surface area contributed by atoms with Gasteiger partial charge in [0.25, 0.3) is 5.91 Å². The minimum atomic E-state index is -0.476. The number of ether oxygens (including phenoxy) is 1. The topological polar surface area (TPSA) is 55.6 Å². The van der Waals surface area contributed by atoms with Crippen molar-refractivity contribution in [1.29, 1.82) is 0 Å². The Labute approximate surface area is 88.4 Å². The molecule has 1 fully saturated rings. The Morgan fingerprint density at radius 1 is 1.53 bits per heavy atom. The predicted molar refractivity (Wildman–Crippen MR) is 54.3 cm³/mol. The van der Waals surface area contributed by atoms with E-state index in [0.717, 1.165) is 12.8 Å². The number of carbonyl (C=O) groups is 1. The standard InChI is InChI=1S/C11H14N2O2/c12-11(14)9-6-13-5-4-7-2-1-3-8(15-9)10(7)13/h4-8,10H,1-3H2,(H2,12,14). The van der Waals surface area contributed by atoms with E-state index in [9.17, 15) is 4.79 Å². The molecular formula is C11H14N2O2. The van der Waals surface area contributed by atoms with Crippen LogP contribution in [0.1, 0.15) is 19.3 Å². The molecule has 0 aromatic rings. The number of nitrogens with two attached hydrogens (primary N) is 1. The number of amides is 1. The molecule has 0 saturated heterocycles. The molecule has 2 aliphatic heterocycles. The summed E-state index contributed by atoms with van der Waals surface area (Å²) in [6.45, 7) is 0. The summed E-state index contributed by atoms with van der Waals surface area (Å²) in [7, 11) is 0. The molecule has 4 heteroatoms. The maximum Gasteiger partial charge on any atom is 0.285 e. The second-order valence-electron chi connectivity index (χ2n) is 4.39. The molecule has 4 nitrogen and oxygen atoms in total. The fraction of sp³-hybridized carbons (Fsp3) is 0.545. The van der Waals surface area contributed by atoms with E-state index < -0.39 is 5.91 Å². The quantitative estimate of drug-likeness (QED) is 0.687. The Kier molecular flexibility index (Phi) is 1.78. The summed E-state index contributed by atoms with van der Waals surface area (Å²) in [5, 5.41) is 0. The third-order valence-corrected chi connectivity index (χ3v) is 3.48. The normalized spacial score (nSPS) is 36.9. The van der Waals surface area contributed by atoms with E-state index in [1.165, 1.54) is 6.42 Å². The molecule has 2 heterocycles. The highest BCUT2D eigenvalue weighted by Crippen LogP contribution is 2.39. The third kappa shape index (κ3) is 1.24. The number of nitrogens with zero attached hydrogens (tertiary/aromatic N) is 1. The Morgan fingerprint density at radius 3 is 3.20 bits per heavy atom. The Morgan fingerprint density at radius 2 is 2.40 bits per heavy atom. The van der Waals surface area contributed by atoms with E-state index in [4.69, 9.17) is 10.5 Å². The van der Waals surface area contributed by atoms with Crippen molar-refractivity contribution in [1.82, 2.24) is 4.90 Å². The lowest BCUT2D eigenvalue weighted by Crippen LogP contribution is -2.48. The lowest BCUT2D eigenvalue weighted by molar-refractivity contribution is -0.121. The zero-order valence-corrected chi connectivity index (χ0v) is 8.43. The maximum absolute atomic E-state index is 11.1. The van der Waals surface area contributed by atoms with Gasteiger partial charge < -0.3 is 15.4 Å². The fourth-order valence-electron chi connectivity index (χ4n) is 2.81. The number of hydrogen-bond acceptors (Lipinski definition) is 3. The first-order valence-electron chi connectivity index (χ1n) is 5.40. The van der Waals surface area contributed by atoms with Gasteiger partial charge in [-0.05, 0) is 19.3 Å². The molecule has 2 N–H and O–H groups in total. The molecule has 0 spiro atoms. The average molecular weight is 206 g/mol. The van der Waals surface area contributed by atoms with Gasteiger partial charge in [-0.3, -0.25) is 4.79 Å². The van der Waals surface area contributed by atoms with Gasteiger partial charge in [0.2, 0.25) is 5.76 Å². The Bertz CT molecular complexity index is 362. The van der Waals surface area contributed by atoms with Crippen LogP contribution in [0.5, 0.6) is 0 Å². The van der Waals surface area contributed by atoms with E-state index >= 15 is 0 Å². The van der Waals surface area contributed by atoms with Crippen LogP contribution in [0.3, 0.4) is 0 Å². The van der Waals surface area contributed by atoms with Gasteiger partial charge in [0.1, 0.15) is 6.10 Å². The molecule has 1 amide bonds. The highest BCUT2D eigenvalue weighted by Gasteiger charge is 2.42. The van der Waals surface area contributed by atoms with E-state index in [-0.39, 0.29) is 6.10 Å². The van der Waals surface area contributed by atoms with Crippen LogP contribution in [0.2, 0.25) is 0 Å². The zero-order valence-electron chi connectivity index (χ0n) is 8.43. The van der Waals surface area contributed by atoms with Crippen molar-refractivity contribution in [2.45, 2.75) is 31.4 Å². The largest absolute Gasteiger partial charge is 0.481 e. The van der Waals surface area contributed by atoms with Crippen molar-refractivity contribution in [3.05, 3.63) is 24.2 Å². The van der Waals surface area contributed by atoms with Crippen LogP contribution in [-0.4, -0.2) is 23.0 Å². The molecule has 3 atom stereocenters. The Hall–Kier alpha value is -1.45. The summed E-state index contributed by atoms with van der Waals surface area (Å²) in [4.78, 5) is 13.2. The third-order valence-electron chi connectivity index (χ3n) is 3.48. The summed E-state index contributed by atoms with van der Waals surface area (Å²) in [6.07, 6.45) is 9.51. The van der Waals surface area contributed by atoms with Crippen molar-refractivity contribution in [3.63, 3.8) is 0 Å². The maximum atomic E-state index is 11.1. The van der Waals surface area contributed by atoms with Crippen LogP contribution in [0, 0.1) is 5.92 Å². The van der Waals surface area contributed by atoms with E-state index in [2.05, 4.69) is 11.0 Å². The van der Waals surface area contributed by atoms with Gasteiger partial charge in [-0.25, -0.2) is 0 Å². The van der Waals surface area contributed by atoms with Crippen LogP contribution < -0.4 is 5.73 Å². The molecule has 3 aliphatic rings. The smallest absolute Gasteiger partial charge is 0.285 e. The molecule has 80 valence electrons. The fourth-order valence-corrected chi connectivity index (χ4v) is 2.81. The average Bonchev–Trinajstić information content (AvgIpc) is 2.64. The SMILES string of the molecule is NC(=O)C1=CN2C=CC3CCCC(O1)C32. The number of primary amides is 1. The van der Waals surface area contributed by atoms with Gasteiger partial charge >= 0.3 is 0 Å². The molecule has 3 unspecified atom stereocenters. The van der Waals surface area contributed by atoms with Gasteiger partial charge in [0.05, 0.1) is 12.2 Å². The van der Waals surface area contributed by atoms with Gasteiger partial charge in [0.15, 0.2) is 0 Å². The highest BCUT2D eigenvalue weighted by atomic mass is 16.5. The van der Waals surface area contributed by atoms with Crippen molar-refractivity contribution in [3.8, 4) is 0 Å². The van der Waals surface area contributed by atoms with Gasteiger partial charge in [-0.15, -0.1) is 0 Å². The monoisotopic (exact) mass is 206 g/mol. The van der Waals surface area contributed by atoms with Crippen molar-refractivity contribution < 1.29 is 9.53 Å². The lowest BCUT2D eigenvalue weighted by Gasteiger charge is -2.41. The van der Waals surface area contributed by atoms with Crippen LogP contribution in [0.4, 0.5) is 0 Å². The lowest BCUT2D eigenvalue weighted by atomic mass is 9.83. The molecule has 0 aromatic heterocycles. The first-order chi connectivity index (χ1) is 7.25. The zero-order chi connectivity index (χ0) is 10.4. The summed E-state index contributed by atoms with van der Waals surface area (Å²) in [5.74, 6) is 0.397. The Balaban J connectivity index is 1.94. The van der Waals surface area contributed by atoms with Crippen LogP contribution >= 0.6 is 0 Å². The van der Waals surface area contributed by atoms with E-state index in [1.807, 2.05) is 6.20 Å². The summed E-state index contributed by atoms with van der Waals surface area (Å²) in [5.41, 5.74) is 5.24. The molecule has 15 heavy (non-hydrogen) atoms. The number of carbonyl (C=O) groups excluding carboxylic acids is 1. The number of hydrogen-bond donors (Lipinski definition) is 1. The van der Waals surface area contributed by atoms with Crippen molar-refractivity contribution in [2.75, 3.05) is 0 Å². The second-order valence-corrected chi connectivity index (χ2v) is 4.39. The van der Waals surface area contributed by atoms with Crippen molar-refractivity contribution >= 4 is 5.91 Å². The van der Waals surface area contributed by atoms with Gasteiger partial charge in [-0.1, -0.05) is 6.08 Å². The molecule has 1 aliphatic carbocycles. The van der Waals surface area contributed by atoms with Crippen LogP contribution in [0.25, 0.3) is 0 Å². The highest BCUT2D eigenvalue weighted by molar-refractivity contribution is 5.89. The van der Waals surface area contributed by atoms with Crippen LogP contribution in [0.15, 0.2) is 24.2 Å². The van der Waals surface area contributed by atoms with Crippen molar-refractivity contribution in [2.24, 2.45) is 11.7 Å². The minimum absolute atomic E-state index is 0.131. The number of rotatable bonds is 1. The molecular weight excluding hydrogens is 192 g/mol. The first kappa shape index (κ1) is 8.83.